The predicted molar refractivity (Wildman–Crippen MR) is 92.1 cm³/mol. The molecule has 1 saturated heterocycles. The lowest BCUT2D eigenvalue weighted by molar-refractivity contribution is 0.0737. The summed E-state index contributed by atoms with van der Waals surface area (Å²) in [6.07, 6.45) is 3.75. The number of carbonyl (C=O) groups excluding carboxylic acids is 1. The molecule has 2 heterocycles. The van der Waals surface area contributed by atoms with Crippen LogP contribution >= 0.6 is 0 Å². The number of benzene rings is 2. The van der Waals surface area contributed by atoms with Gasteiger partial charge in [0.25, 0.3) is 5.91 Å². The molecule has 0 spiro atoms. The highest BCUT2D eigenvalue weighted by Crippen LogP contribution is 2.34. The minimum absolute atomic E-state index is 0.0585. The number of fused-ring (bicyclic) bond motifs is 1. The highest BCUT2D eigenvalue weighted by molar-refractivity contribution is 6.05. The third-order valence-corrected chi connectivity index (χ3v) is 4.72. The topological polar surface area (TPSA) is 58.2 Å². The highest BCUT2D eigenvalue weighted by atomic mass is 16.5. The van der Waals surface area contributed by atoms with Gasteiger partial charge < -0.3 is 9.64 Å². The number of nitrogens with zero attached hydrogens (tertiary/aromatic N) is 2. The maximum atomic E-state index is 13.1. The minimum Gasteiger partial charge on any atom is -0.497 e. The Morgan fingerprint density at radius 2 is 2.08 bits per heavy atom. The summed E-state index contributed by atoms with van der Waals surface area (Å²) in [6.45, 7) is 0.778. The van der Waals surface area contributed by atoms with Crippen molar-refractivity contribution < 1.29 is 9.53 Å². The zero-order chi connectivity index (χ0) is 16.5. The van der Waals surface area contributed by atoms with Crippen LogP contribution in [0.1, 0.15) is 34.8 Å². The van der Waals surface area contributed by atoms with Gasteiger partial charge >= 0.3 is 0 Å². The molecule has 0 saturated carbocycles. The fourth-order valence-electron chi connectivity index (χ4n) is 3.48. The number of aromatic nitrogens is 2. The fraction of sp³-hybridized carbons (Fsp3) is 0.263. The molecule has 1 atom stereocenters. The Morgan fingerprint density at radius 3 is 2.88 bits per heavy atom. The molecule has 1 aromatic heterocycles. The SMILES string of the molecule is COc1ccc([C@H]2CCCN2C(=O)c2cccc3cn[nH]c23)cc1. The smallest absolute Gasteiger partial charge is 0.256 e. The number of likely N-dealkylation sites (tertiary alicyclic amines) is 1. The average Bonchev–Trinajstić information content (AvgIpc) is 3.30. The number of carbonyl (C=O) groups is 1. The van der Waals surface area contributed by atoms with Gasteiger partial charge in [0.1, 0.15) is 5.75 Å². The van der Waals surface area contributed by atoms with Gasteiger partial charge in [0.05, 0.1) is 30.4 Å². The summed E-state index contributed by atoms with van der Waals surface area (Å²) in [4.78, 5) is 15.1. The first-order valence-electron chi connectivity index (χ1n) is 8.15. The van der Waals surface area contributed by atoms with E-state index in [2.05, 4.69) is 10.2 Å². The van der Waals surface area contributed by atoms with Crippen molar-refractivity contribution >= 4 is 16.8 Å². The summed E-state index contributed by atoms with van der Waals surface area (Å²) in [5.74, 6) is 0.889. The van der Waals surface area contributed by atoms with E-state index in [9.17, 15) is 4.79 Å². The maximum Gasteiger partial charge on any atom is 0.256 e. The van der Waals surface area contributed by atoms with Crippen molar-refractivity contribution in [1.29, 1.82) is 0 Å². The molecule has 5 nitrogen and oxygen atoms in total. The van der Waals surface area contributed by atoms with Crippen LogP contribution in [0.2, 0.25) is 0 Å². The van der Waals surface area contributed by atoms with E-state index in [1.54, 1.807) is 13.3 Å². The summed E-state index contributed by atoms with van der Waals surface area (Å²) in [6, 6.07) is 13.8. The Labute approximate surface area is 140 Å². The second kappa shape index (κ2) is 6.00. The highest BCUT2D eigenvalue weighted by Gasteiger charge is 2.31. The molecule has 1 aliphatic heterocycles. The first-order valence-corrected chi connectivity index (χ1v) is 8.15. The Bertz CT molecular complexity index is 870. The van der Waals surface area contributed by atoms with Gasteiger partial charge in [-0.25, -0.2) is 0 Å². The predicted octanol–water partition coefficient (Wildman–Crippen LogP) is 3.55. The van der Waals surface area contributed by atoms with Crippen molar-refractivity contribution in [2.45, 2.75) is 18.9 Å². The number of nitrogens with one attached hydrogen (secondary N) is 1. The second-order valence-electron chi connectivity index (χ2n) is 6.07. The molecular formula is C19H19N3O2. The summed E-state index contributed by atoms with van der Waals surface area (Å²) in [5, 5.41) is 7.97. The lowest BCUT2D eigenvalue weighted by atomic mass is 10.0. The first kappa shape index (κ1) is 14.8. The molecule has 5 heteroatoms. The lowest BCUT2D eigenvalue weighted by Gasteiger charge is -2.25. The normalized spacial score (nSPS) is 17.4. The summed E-state index contributed by atoms with van der Waals surface area (Å²) in [7, 11) is 1.66. The summed E-state index contributed by atoms with van der Waals surface area (Å²) < 4.78 is 5.22. The van der Waals surface area contributed by atoms with Crippen LogP contribution in [0.5, 0.6) is 5.75 Å². The zero-order valence-electron chi connectivity index (χ0n) is 13.5. The van der Waals surface area contributed by atoms with E-state index >= 15 is 0 Å². The van der Waals surface area contributed by atoms with Crippen molar-refractivity contribution in [1.82, 2.24) is 15.1 Å². The molecule has 1 aliphatic rings. The van der Waals surface area contributed by atoms with Gasteiger partial charge in [-0.1, -0.05) is 24.3 Å². The first-order chi connectivity index (χ1) is 11.8. The lowest BCUT2D eigenvalue weighted by Crippen LogP contribution is -2.30. The van der Waals surface area contributed by atoms with Crippen molar-refractivity contribution in [3.63, 3.8) is 0 Å². The van der Waals surface area contributed by atoms with Gasteiger partial charge in [-0.05, 0) is 36.6 Å². The molecule has 0 bridgehead atoms. The molecule has 1 fully saturated rings. The van der Waals surface area contributed by atoms with Crippen LogP contribution in [0.3, 0.4) is 0 Å². The molecule has 0 unspecified atom stereocenters. The van der Waals surface area contributed by atoms with Crippen molar-refractivity contribution in [2.24, 2.45) is 0 Å². The van der Waals surface area contributed by atoms with Gasteiger partial charge in [0, 0.05) is 11.9 Å². The molecule has 122 valence electrons. The van der Waals surface area contributed by atoms with Crippen LogP contribution in [-0.2, 0) is 0 Å². The van der Waals surface area contributed by atoms with E-state index in [1.165, 1.54) is 0 Å². The van der Waals surface area contributed by atoms with Crippen molar-refractivity contribution in [2.75, 3.05) is 13.7 Å². The van der Waals surface area contributed by atoms with E-state index in [4.69, 9.17) is 4.74 Å². The Hall–Kier alpha value is -2.82. The number of amides is 1. The number of aromatic amines is 1. The summed E-state index contributed by atoms with van der Waals surface area (Å²) >= 11 is 0. The van der Waals surface area contributed by atoms with Gasteiger partial charge in [0.15, 0.2) is 0 Å². The monoisotopic (exact) mass is 321 g/mol. The Kier molecular flexibility index (Phi) is 3.69. The van der Waals surface area contributed by atoms with E-state index < -0.39 is 0 Å². The van der Waals surface area contributed by atoms with Gasteiger partial charge in [-0.3, -0.25) is 9.89 Å². The molecule has 24 heavy (non-hydrogen) atoms. The van der Waals surface area contributed by atoms with Crippen molar-refractivity contribution in [3.8, 4) is 5.75 Å². The van der Waals surface area contributed by atoms with Crippen molar-refractivity contribution in [3.05, 3.63) is 59.8 Å². The minimum atomic E-state index is 0.0585. The van der Waals surface area contributed by atoms with E-state index in [0.717, 1.165) is 41.6 Å². The van der Waals surface area contributed by atoms with Crippen LogP contribution in [0.4, 0.5) is 0 Å². The molecule has 0 radical (unpaired) electrons. The molecule has 0 aliphatic carbocycles. The van der Waals surface area contributed by atoms with E-state index in [-0.39, 0.29) is 11.9 Å². The number of para-hydroxylation sites is 1. The van der Waals surface area contributed by atoms with Gasteiger partial charge in [-0.2, -0.15) is 5.10 Å². The molecule has 1 N–H and O–H groups in total. The number of hydrogen-bond donors (Lipinski definition) is 1. The van der Waals surface area contributed by atoms with Gasteiger partial charge in [-0.15, -0.1) is 0 Å². The number of hydrogen-bond acceptors (Lipinski definition) is 3. The fourth-order valence-corrected chi connectivity index (χ4v) is 3.48. The van der Waals surface area contributed by atoms with Crippen LogP contribution in [0.15, 0.2) is 48.7 Å². The zero-order valence-corrected chi connectivity index (χ0v) is 13.5. The number of rotatable bonds is 3. The molecule has 4 rings (SSSR count). The van der Waals surface area contributed by atoms with Crippen LogP contribution in [0.25, 0.3) is 10.9 Å². The van der Waals surface area contributed by atoms with Gasteiger partial charge in [0.2, 0.25) is 0 Å². The molecule has 1 amide bonds. The van der Waals surface area contributed by atoms with Crippen LogP contribution in [-0.4, -0.2) is 34.7 Å². The second-order valence-corrected chi connectivity index (χ2v) is 6.07. The van der Waals surface area contributed by atoms with E-state index in [1.807, 2.05) is 47.4 Å². The third-order valence-electron chi connectivity index (χ3n) is 4.72. The van der Waals surface area contributed by atoms with Crippen LogP contribution < -0.4 is 4.74 Å². The van der Waals surface area contributed by atoms with Crippen LogP contribution in [0, 0.1) is 0 Å². The Morgan fingerprint density at radius 1 is 1.25 bits per heavy atom. The Balaban J connectivity index is 1.66. The molecule has 2 aromatic carbocycles. The van der Waals surface area contributed by atoms with E-state index in [0.29, 0.717) is 5.56 Å². The number of methoxy groups -OCH3 is 1. The quantitative estimate of drug-likeness (QED) is 0.802. The molecule has 3 aromatic rings. The standard InChI is InChI=1S/C19H19N3O2/c1-24-15-9-7-13(8-10-15)17-6-3-11-22(17)19(23)16-5-2-4-14-12-20-21-18(14)16/h2,4-5,7-10,12,17H,3,6,11H2,1H3,(H,20,21)/t17-/m1/s1. The maximum absolute atomic E-state index is 13.1. The molecular weight excluding hydrogens is 302 g/mol. The average molecular weight is 321 g/mol. The number of H-pyrrole nitrogens is 1. The third kappa shape index (κ3) is 2.42. The number of ether oxygens (including phenoxy) is 1. The largest absolute Gasteiger partial charge is 0.497 e. The summed E-state index contributed by atoms with van der Waals surface area (Å²) in [5.41, 5.74) is 2.65.